The number of anilines is 2. The number of pyridine rings is 1. The highest BCUT2D eigenvalue weighted by Gasteiger charge is 2.07. The minimum absolute atomic E-state index is 0.215. The molecule has 0 bridgehead atoms. The van der Waals surface area contributed by atoms with E-state index in [1.54, 1.807) is 37.6 Å². The number of amides is 1. The molecule has 0 atom stereocenters. The fraction of sp³-hybridized carbons (Fsp3) is 0.100. The van der Waals surface area contributed by atoms with E-state index in [2.05, 4.69) is 15.6 Å². The molecule has 6 heteroatoms. The smallest absolute Gasteiger partial charge is 0.270 e. The van der Waals surface area contributed by atoms with Gasteiger partial charge in [0.25, 0.3) is 5.91 Å². The Kier molecular flexibility index (Phi) is 5.71. The maximum atomic E-state index is 12.2. The highest BCUT2D eigenvalue weighted by atomic mass is 35.5. The molecule has 5 nitrogen and oxygen atoms in total. The molecule has 1 aromatic heterocycles. The number of rotatable bonds is 6. The molecule has 3 rings (SSSR count). The van der Waals surface area contributed by atoms with Gasteiger partial charge in [0.1, 0.15) is 11.4 Å². The quantitative estimate of drug-likeness (QED) is 0.677. The molecule has 0 spiro atoms. The van der Waals surface area contributed by atoms with Crippen LogP contribution in [0.2, 0.25) is 5.02 Å². The van der Waals surface area contributed by atoms with Crippen molar-refractivity contribution in [2.75, 3.05) is 12.4 Å². The normalized spacial score (nSPS) is 10.2. The van der Waals surface area contributed by atoms with E-state index in [1.807, 2.05) is 36.4 Å². The topological polar surface area (TPSA) is 63.2 Å². The molecule has 1 heterocycles. The highest BCUT2D eigenvalue weighted by Crippen LogP contribution is 2.28. The first-order chi connectivity index (χ1) is 12.7. The van der Waals surface area contributed by atoms with Gasteiger partial charge < -0.3 is 15.4 Å². The zero-order valence-electron chi connectivity index (χ0n) is 14.2. The summed E-state index contributed by atoms with van der Waals surface area (Å²) in [6, 6.07) is 18.6. The first-order valence-electron chi connectivity index (χ1n) is 8.04. The molecule has 3 aromatic rings. The van der Waals surface area contributed by atoms with Gasteiger partial charge in [-0.25, -0.2) is 4.98 Å². The summed E-state index contributed by atoms with van der Waals surface area (Å²) >= 11 is 6.11. The van der Waals surface area contributed by atoms with Crippen molar-refractivity contribution in [3.8, 4) is 5.75 Å². The van der Waals surface area contributed by atoms with Crippen molar-refractivity contribution in [1.82, 2.24) is 10.3 Å². The van der Waals surface area contributed by atoms with Crippen LogP contribution in [0.1, 0.15) is 16.1 Å². The largest absolute Gasteiger partial charge is 0.495 e. The monoisotopic (exact) mass is 367 g/mol. The number of ether oxygens (including phenoxy) is 1. The summed E-state index contributed by atoms with van der Waals surface area (Å²) in [6.45, 7) is 0.464. The van der Waals surface area contributed by atoms with Gasteiger partial charge in [-0.3, -0.25) is 4.79 Å². The summed E-state index contributed by atoms with van der Waals surface area (Å²) in [5.41, 5.74) is 2.96. The fourth-order valence-electron chi connectivity index (χ4n) is 2.38. The fourth-order valence-corrected chi connectivity index (χ4v) is 2.64. The molecule has 0 aliphatic heterocycles. The Bertz CT molecular complexity index is 883. The Morgan fingerprint density at radius 3 is 2.50 bits per heavy atom. The predicted molar refractivity (Wildman–Crippen MR) is 103 cm³/mol. The number of aromatic nitrogens is 1. The van der Waals surface area contributed by atoms with Crippen LogP contribution in [0.5, 0.6) is 5.75 Å². The SMILES string of the molecule is COc1ccc(Nc2ccc(C(=O)NCc3ccccc3)nc2)cc1Cl. The number of nitrogens with one attached hydrogen (secondary N) is 2. The molecule has 26 heavy (non-hydrogen) atoms. The number of benzene rings is 2. The third kappa shape index (κ3) is 4.52. The molecular weight excluding hydrogens is 350 g/mol. The average Bonchev–Trinajstić information content (AvgIpc) is 2.68. The summed E-state index contributed by atoms with van der Waals surface area (Å²) < 4.78 is 5.13. The molecule has 0 aliphatic carbocycles. The molecule has 0 unspecified atom stereocenters. The van der Waals surface area contributed by atoms with Gasteiger partial charge >= 0.3 is 0 Å². The lowest BCUT2D eigenvalue weighted by Gasteiger charge is -2.09. The number of hydrogen-bond donors (Lipinski definition) is 2. The molecule has 0 aliphatic rings. The van der Waals surface area contributed by atoms with Crippen LogP contribution in [0.25, 0.3) is 0 Å². The summed E-state index contributed by atoms with van der Waals surface area (Å²) in [7, 11) is 1.57. The van der Waals surface area contributed by atoms with Crippen molar-refractivity contribution < 1.29 is 9.53 Å². The summed E-state index contributed by atoms with van der Waals surface area (Å²) in [5.74, 6) is 0.397. The maximum absolute atomic E-state index is 12.2. The van der Waals surface area contributed by atoms with E-state index < -0.39 is 0 Å². The van der Waals surface area contributed by atoms with Gasteiger partial charge in [0.2, 0.25) is 0 Å². The lowest BCUT2D eigenvalue weighted by Crippen LogP contribution is -2.23. The van der Waals surface area contributed by atoms with Gasteiger partial charge in [0.15, 0.2) is 0 Å². The van der Waals surface area contributed by atoms with Crippen LogP contribution in [-0.2, 0) is 6.54 Å². The Hall–Kier alpha value is -3.05. The van der Waals surface area contributed by atoms with E-state index in [9.17, 15) is 4.79 Å². The Morgan fingerprint density at radius 2 is 1.85 bits per heavy atom. The number of methoxy groups -OCH3 is 1. The summed E-state index contributed by atoms with van der Waals surface area (Å²) in [4.78, 5) is 16.4. The number of nitrogens with zero attached hydrogens (tertiary/aromatic N) is 1. The second-order valence-corrected chi connectivity index (χ2v) is 5.98. The first-order valence-corrected chi connectivity index (χ1v) is 8.42. The number of carbonyl (C=O) groups is 1. The second kappa shape index (κ2) is 8.36. The van der Waals surface area contributed by atoms with Crippen LogP contribution < -0.4 is 15.4 Å². The standard InChI is InChI=1S/C20H18ClN3O2/c1-26-19-10-8-15(11-17(19)21)24-16-7-9-18(22-13-16)20(25)23-12-14-5-3-2-4-6-14/h2-11,13,24H,12H2,1H3,(H,23,25). The average molecular weight is 368 g/mol. The predicted octanol–water partition coefficient (Wildman–Crippen LogP) is 4.42. The number of halogens is 1. The Labute approximate surface area is 157 Å². The van der Waals surface area contributed by atoms with E-state index >= 15 is 0 Å². The maximum Gasteiger partial charge on any atom is 0.270 e. The third-order valence-corrected chi connectivity index (χ3v) is 4.03. The summed E-state index contributed by atoms with van der Waals surface area (Å²) in [5, 5.41) is 6.55. The molecule has 2 aromatic carbocycles. The molecule has 132 valence electrons. The van der Waals surface area contributed by atoms with Crippen molar-refractivity contribution in [2.45, 2.75) is 6.54 Å². The molecule has 0 radical (unpaired) electrons. The van der Waals surface area contributed by atoms with Gasteiger partial charge in [-0.05, 0) is 35.9 Å². The Balaban J connectivity index is 1.61. The first kappa shape index (κ1) is 17.8. The minimum Gasteiger partial charge on any atom is -0.495 e. The van der Waals surface area contributed by atoms with Crippen molar-refractivity contribution >= 4 is 28.9 Å². The van der Waals surface area contributed by atoms with Crippen LogP contribution in [0.3, 0.4) is 0 Å². The van der Waals surface area contributed by atoms with Crippen LogP contribution in [-0.4, -0.2) is 18.0 Å². The van der Waals surface area contributed by atoms with Crippen LogP contribution >= 0.6 is 11.6 Å². The highest BCUT2D eigenvalue weighted by molar-refractivity contribution is 6.32. The van der Waals surface area contributed by atoms with Gasteiger partial charge in [0, 0.05) is 12.2 Å². The molecule has 0 saturated heterocycles. The van der Waals surface area contributed by atoms with E-state index in [0.29, 0.717) is 23.0 Å². The van der Waals surface area contributed by atoms with Crippen molar-refractivity contribution in [3.05, 3.63) is 83.1 Å². The number of carbonyl (C=O) groups excluding carboxylic acids is 1. The van der Waals surface area contributed by atoms with E-state index in [4.69, 9.17) is 16.3 Å². The molecule has 2 N–H and O–H groups in total. The van der Waals surface area contributed by atoms with Gasteiger partial charge in [-0.1, -0.05) is 41.9 Å². The zero-order valence-corrected chi connectivity index (χ0v) is 15.0. The molecule has 0 fully saturated rings. The second-order valence-electron chi connectivity index (χ2n) is 5.57. The molecule has 0 saturated carbocycles. The van der Waals surface area contributed by atoms with Gasteiger partial charge in [-0.2, -0.15) is 0 Å². The molecular formula is C20H18ClN3O2. The minimum atomic E-state index is -0.215. The Morgan fingerprint density at radius 1 is 1.08 bits per heavy atom. The van der Waals surface area contributed by atoms with Crippen LogP contribution in [0, 0.1) is 0 Å². The van der Waals surface area contributed by atoms with Crippen molar-refractivity contribution in [2.24, 2.45) is 0 Å². The van der Waals surface area contributed by atoms with Gasteiger partial charge in [0.05, 0.1) is 24.0 Å². The summed E-state index contributed by atoms with van der Waals surface area (Å²) in [6.07, 6.45) is 1.61. The van der Waals surface area contributed by atoms with Crippen LogP contribution in [0.15, 0.2) is 66.9 Å². The third-order valence-electron chi connectivity index (χ3n) is 3.73. The number of hydrogen-bond acceptors (Lipinski definition) is 4. The van der Waals surface area contributed by atoms with E-state index in [1.165, 1.54) is 0 Å². The van der Waals surface area contributed by atoms with Crippen molar-refractivity contribution in [1.29, 1.82) is 0 Å². The van der Waals surface area contributed by atoms with E-state index in [0.717, 1.165) is 16.9 Å². The van der Waals surface area contributed by atoms with E-state index in [-0.39, 0.29) is 5.91 Å². The van der Waals surface area contributed by atoms with Crippen molar-refractivity contribution in [3.63, 3.8) is 0 Å². The van der Waals surface area contributed by atoms with Gasteiger partial charge in [-0.15, -0.1) is 0 Å². The lowest BCUT2D eigenvalue weighted by atomic mass is 10.2. The van der Waals surface area contributed by atoms with Crippen LogP contribution in [0.4, 0.5) is 11.4 Å². The molecule has 1 amide bonds. The lowest BCUT2D eigenvalue weighted by molar-refractivity contribution is 0.0946. The zero-order chi connectivity index (χ0) is 18.4.